The summed E-state index contributed by atoms with van der Waals surface area (Å²) in [6.45, 7) is 31.1. The van der Waals surface area contributed by atoms with Crippen LogP contribution in [-0.4, -0.2) is 76.8 Å². The zero-order chi connectivity index (χ0) is 28.5. The van der Waals surface area contributed by atoms with Crippen LogP contribution in [0.25, 0.3) is 0 Å². The van der Waals surface area contributed by atoms with Crippen molar-refractivity contribution >= 4 is 22.7 Å². The lowest BCUT2D eigenvalue weighted by Crippen LogP contribution is -2.57. The fourth-order valence-electron chi connectivity index (χ4n) is 3.36. The van der Waals surface area contributed by atoms with Crippen molar-refractivity contribution in [2.45, 2.75) is 148 Å². The molecular formula is C26H55NO7Si2. The molecule has 0 saturated carbocycles. The van der Waals surface area contributed by atoms with Gasteiger partial charge in [-0.25, -0.2) is 4.79 Å². The number of nitrogens with one attached hydrogen (secondary N) is 1. The first-order chi connectivity index (χ1) is 15.8. The van der Waals surface area contributed by atoms with E-state index in [9.17, 15) is 9.90 Å². The molecule has 214 valence electrons. The highest BCUT2D eigenvalue weighted by atomic mass is 28.4. The lowest BCUT2D eigenvalue weighted by molar-refractivity contribution is -0.157. The Morgan fingerprint density at radius 3 is 1.81 bits per heavy atom. The van der Waals surface area contributed by atoms with Gasteiger partial charge in [0.25, 0.3) is 0 Å². The summed E-state index contributed by atoms with van der Waals surface area (Å²) in [6, 6.07) is -0.745. The van der Waals surface area contributed by atoms with Gasteiger partial charge >= 0.3 is 6.09 Å². The lowest BCUT2D eigenvalue weighted by atomic mass is 10.0. The van der Waals surface area contributed by atoms with Crippen LogP contribution in [0.15, 0.2) is 0 Å². The second kappa shape index (κ2) is 11.3. The zero-order valence-corrected chi connectivity index (χ0v) is 27.6. The maximum atomic E-state index is 12.6. The van der Waals surface area contributed by atoms with E-state index in [0.717, 1.165) is 0 Å². The van der Waals surface area contributed by atoms with Crippen LogP contribution in [0, 0.1) is 0 Å². The highest BCUT2D eigenvalue weighted by Crippen LogP contribution is 2.42. The first-order valence-corrected chi connectivity index (χ1v) is 18.9. The van der Waals surface area contributed by atoms with E-state index < -0.39 is 58.5 Å². The van der Waals surface area contributed by atoms with Gasteiger partial charge in [-0.15, -0.1) is 0 Å². The molecule has 1 saturated heterocycles. The average Bonchev–Trinajstić information content (AvgIpc) is 2.95. The fourth-order valence-corrected chi connectivity index (χ4v) is 5.69. The van der Waals surface area contributed by atoms with Crippen molar-refractivity contribution in [2.24, 2.45) is 0 Å². The van der Waals surface area contributed by atoms with Crippen LogP contribution in [0.5, 0.6) is 0 Å². The minimum Gasteiger partial charge on any atom is -0.444 e. The summed E-state index contributed by atoms with van der Waals surface area (Å²) >= 11 is 0. The van der Waals surface area contributed by atoms with Gasteiger partial charge in [0.2, 0.25) is 0 Å². The third-order valence-corrected chi connectivity index (χ3v) is 16.5. The SMILES string of the molecule is CC(C)(C)OC(=O)N[C@@H](CO)[C@@H]1OC(C)(C)O[C@@H]1[C@@H](CO[Si](C)(C)C(C)(C)C)O[Si](C)(C)C(C)(C)C. The molecular weight excluding hydrogens is 494 g/mol. The summed E-state index contributed by atoms with van der Waals surface area (Å²) < 4.78 is 31.6. The molecule has 1 amide bonds. The van der Waals surface area contributed by atoms with E-state index in [2.05, 4.69) is 73.0 Å². The molecule has 0 spiro atoms. The third-order valence-electron chi connectivity index (χ3n) is 7.49. The van der Waals surface area contributed by atoms with Gasteiger partial charge in [0.1, 0.15) is 17.8 Å². The lowest BCUT2D eigenvalue weighted by Gasteiger charge is -2.43. The van der Waals surface area contributed by atoms with Crippen molar-refractivity contribution in [3.63, 3.8) is 0 Å². The van der Waals surface area contributed by atoms with E-state index in [1.165, 1.54) is 0 Å². The van der Waals surface area contributed by atoms with Crippen LogP contribution in [-0.2, 0) is 23.1 Å². The zero-order valence-electron chi connectivity index (χ0n) is 25.6. The van der Waals surface area contributed by atoms with E-state index >= 15 is 0 Å². The van der Waals surface area contributed by atoms with Crippen LogP contribution >= 0.6 is 0 Å². The average molecular weight is 550 g/mol. The Labute approximate surface area is 222 Å². The van der Waals surface area contributed by atoms with Gasteiger partial charge in [-0.1, -0.05) is 41.5 Å². The molecule has 0 aromatic carbocycles. The van der Waals surface area contributed by atoms with E-state index in [-0.39, 0.29) is 16.7 Å². The van der Waals surface area contributed by atoms with Crippen molar-refractivity contribution in [3.05, 3.63) is 0 Å². The van der Waals surface area contributed by atoms with Gasteiger partial charge < -0.3 is 33.5 Å². The molecule has 0 bridgehead atoms. The first-order valence-electron chi connectivity index (χ1n) is 13.1. The monoisotopic (exact) mass is 549 g/mol. The van der Waals surface area contributed by atoms with E-state index in [0.29, 0.717) is 6.61 Å². The number of aliphatic hydroxyl groups is 1. The third kappa shape index (κ3) is 9.36. The molecule has 10 heteroatoms. The highest BCUT2D eigenvalue weighted by molar-refractivity contribution is 6.74. The number of rotatable bonds is 9. The van der Waals surface area contributed by atoms with Crippen molar-refractivity contribution in [1.82, 2.24) is 5.32 Å². The molecule has 0 unspecified atom stereocenters. The second-order valence-corrected chi connectivity index (χ2v) is 24.1. The topological polar surface area (TPSA) is 95.5 Å². The molecule has 1 aliphatic rings. The van der Waals surface area contributed by atoms with Crippen molar-refractivity contribution in [3.8, 4) is 0 Å². The summed E-state index contributed by atoms with van der Waals surface area (Å²) in [5.41, 5.74) is -0.666. The summed E-state index contributed by atoms with van der Waals surface area (Å²) in [7, 11) is -4.32. The quantitative estimate of drug-likeness (QED) is 0.351. The summed E-state index contributed by atoms with van der Waals surface area (Å²) in [6.07, 6.45) is -2.28. The molecule has 2 N–H and O–H groups in total. The number of ether oxygens (including phenoxy) is 3. The molecule has 0 aromatic heterocycles. The van der Waals surface area contributed by atoms with Gasteiger partial charge in [-0.05, 0) is 70.9 Å². The summed E-state index contributed by atoms with van der Waals surface area (Å²) in [5, 5.41) is 13.1. The first kappa shape index (κ1) is 33.5. The van der Waals surface area contributed by atoms with Crippen LogP contribution in [0.1, 0.15) is 76.2 Å². The van der Waals surface area contributed by atoms with Crippen LogP contribution in [0.2, 0.25) is 36.3 Å². The highest BCUT2D eigenvalue weighted by Gasteiger charge is 2.52. The summed E-state index contributed by atoms with van der Waals surface area (Å²) in [5.74, 6) is -0.926. The number of amides is 1. The van der Waals surface area contributed by atoms with Gasteiger partial charge in [-0.2, -0.15) is 0 Å². The molecule has 36 heavy (non-hydrogen) atoms. The predicted octanol–water partition coefficient (Wildman–Crippen LogP) is 5.80. The second-order valence-electron chi connectivity index (χ2n) is 14.5. The number of carbonyl (C=O) groups is 1. The van der Waals surface area contributed by atoms with Gasteiger partial charge in [-0.3, -0.25) is 0 Å². The standard InChI is InChI=1S/C26H55NO7Si2/c1-23(2,3)33-22(29)27-18(16-28)20-21(32-26(10,11)31-20)19(34-36(14,15)25(7,8)9)17-30-35(12,13)24(4,5)6/h18-21,28H,16-17H2,1-15H3,(H,27,29)/t18-,19+,20-,21+/m0/s1. The normalized spacial score (nSPS) is 23.3. The fraction of sp³-hybridized carbons (Fsp3) is 0.962. The number of carbonyl (C=O) groups excluding carboxylic acids is 1. The molecule has 1 fully saturated rings. The van der Waals surface area contributed by atoms with Crippen molar-refractivity contribution in [2.75, 3.05) is 13.2 Å². The molecule has 1 aliphatic heterocycles. The number of hydrogen-bond acceptors (Lipinski definition) is 7. The smallest absolute Gasteiger partial charge is 0.408 e. The van der Waals surface area contributed by atoms with E-state index in [1.54, 1.807) is 20.8 Å². The maximum Gasteiger partial charge on any atom is 0.408 e. The number of alkyl carbamates (subject to hydrolysis) is 1. The van der Waals surface area contributed by atoms with Crippen molar-refractivity contribution < 1.29 is 33.0 Å². The summed E-state index contributed by atoms with van der Waals surface area (Å²) in [4.78, 5) is 12.6. The Kier molecular flexibility index (Phi) is 10.5. The van der Waals surface area contributed by atoms with Gasteiger partial charge in [0.15, 0.2) is 22.4 Å². The molecule has 4 atom stereocenters. The maximum absolute atomic E-state index is 12.6. The van der Waals surface area contributed by atoms with E-state index in [1.807, 2.05) is 13.8 Å². The van der Waals surface area contributed by atoms with Crippen molar-refractivity contribution in [1.29, 1.82) is 0 Å². The predicted molar refractivity (Wildman–Crippen MR) is 149 cm³/mol. The largest absolute Gasteiger partial charge is 0.444 e. The molecule has 8 nitrogen and oxygen atoms in total. The Balaban J connectivity index is 3.36. The Hall–Kier alpha value is -0.496. The van der Waals surface area contributed by atoms with Gasteiger partial charge in [0.05, 0.1) is 25.4 Å². The van der Waals surface area contributed by atoms with Crippen LogP contribution < -0.4 is 5.32 Å². The Bertz CT molecular complexity index is 736. The molecule has 1 rings (SSSR count). The van der Waals surface area contributed by atoms with E-state index in [4.69, 9.17) is 23.1 Å². The molecule has 1 heterocycles. The number of aliphatic hydroxyl groups excluding tert-OH is 1. The molecule has 0 radical (unpaired) electrons. The number of hydrogen-bond donors (Lipinski definition) is 2. The molecule has 0 aromatic rings. The molecule has 0 aliphatic carbocycles. The van der Waals surface area contributed by atoms with Crippen LogP contribution in [0.4, 0.5) is 4.79 Å². The Morgan fingerprint density at radius 2 is 1.39 bits per heavy atom. The minimum absolute atomic E-state index is 0.0299. The Morgan fingerprint density at radius 1 is 0.917 bits per heavy atom. The van der Waals surface area contributed by atoms with Crippen LogP contribution in [0.3, 0.4) is 0 Å². The van der Waals surface area contributed by atoms with Gasteiger partial charge in [0, 0.05) is 0 Å². The minimum atomic E-state index is -2.24.